The molecule has 1 unspecified atom stereocenters. The maximum absolute atomic E-state index is 12.4. The first-order chi connectivity index (χ1) is 14.4. The SMILES string of the molecule is CC[NH+](CC(=O)Nc1ccc(OC)cc1)CC(=O)Nc1ccc([N+](=O)[O-])cc1OC. The summed E-state index contributed by atoms with van der Waals surface area (Å²) >= 11 is 0. The summed E-state index contributed by atoms with van der Waals surface area (Å²) in [6, 6.07) is 10.9. The quantitative estimate of drug-likeness (QED) is 0.393. The summed E-state index contributed by atoms with van der Waals surface area (Å²) in [5, 5.41) is 16.3. The van der Waals surface area contributed by atoms with E-state index in [1.807, 2.05) is 6.92 Å². The number of carbonyl (C=O) groups is 2. The number of nitrogens with one attached hydrogen (secondary N) is 3. The smallest absolute Gasteiger partial charge is 0.279 e. The zero-order valence-electron chi connectivity index (χ0n) is 17.1. The molecule has 10 nitrogen and oxygen atoms in total. The van der Waals surface area contributed by atoms with E-state index in [4.69, 9.17) is 9.47 Å². The highest BCUT2D eigenvalue weighted by atomic mass is 16.6. The van der Waals surface area contributed by atoms with Crippen LogP contribution in [-0.4, -0.2) is 50.6 Å². The Hall–Kier alpha value is -3.66. The molecular weight excluding hydrogens is 392 g/mol. The van der Waals surface area contributed by atoms with Gasteiger partial charge in [-0.3, -0.25) is 19.7 Å². The Balaban J connectivity index is 1.93. The second-order valence-corrected chi connectivity index (χ2v) is 6.42. The van der Waals surface area contributed by atoms with Crippen molar-refractivity contribution in [3.63, 3.8) is 0 Å². The largest absolute Gasteiger partial charge is 0.497 e. The predicted octanol–water partition coefficient (Wildman–Crippen LogP) is 1.09. The van der Waals surface area contributed by atoms with Gasteiger partial charge in [-0.2, -0.15) is 0 Å². The van der Waals surface area contributed by atoms with Gasteiger partial charge in [-0.1, -0.05) is 0 Å². The van der Waals surface area contributed by atoms with Crippen LogP contribution in [0.5, 0.6) is 11.5 Å². The molecule has 0 aliphatic rings. The van der Waals surface area contributed by atoms with Crippen LogP contribution in [0.2, 0.25) is 0 Å². The average Bonchev–Trinajstić information content (AvgIpc) is 2.73. The number of non-ortho nitro benzene ring substituents is 1. The number of carbonyl (C=O) groups excluding carboxylic acids is 2. The van der Waals surface area contributed by atoms with E-state index in [2.05, 4.69) is 10.6 Å². The zero-order valence-corrected chi connectivity index (χ0v) is 17.1. The number of nitro benzene ring substituents is 1. The fourth-order valence-electron chi connectivity index (χ4n) is 2.74. The maximum Gasteiger partial charge on any atom is 0.279 e. The molecule has 30 heavy (non-hydrogen) atoms. The first kappa shape index (κ1) is 22.6. The topological polar surface area (TPSA) is 124 Å². The van der Waals surface area contributed by atoms with Crippen molar-refractivity contribution in [1.82, 2.24) is 0 Å². The van der Waals surface area contributed by atoms with E-state index in [0.717, 1.165) is 4.90 Å². The molecule has 2 amide bonds. The van der Waals surface area contributed by atoms with Crippen molar-refractivity contribution in [2.75, 3.05) is 44.5 Å². The molecule has 0 aliphatic carbocycles. The third-order valence-electron chi connectivity index (χ3n) is 4.36. The molecule has 160 valence electrons. The van der Waals surface area contributed by atoms with Gasteiger partial charge in [0.1, 0.15) is 11.5 Å². The fourth-order valence-corrected chi connectivity index (χ4v) is 2.74. The zero-order chi connectivity index (χ0) is 22.1. The van der Waals surface area contributed by atoms with E-state index in [9.17, 15) is 19.7 Å². The molecule has 0 saturated heterocycles. The summed E-state index contributed by atoms with van der Waals surface area (Å²) in [4.78, 5) is 35.8. The number of nitro groups is 1. The van der Waals surface area contributed by atoms with Crippen LogP contribution in [0.4, 0.5) is 17.1 Å². The van der Waals surface area contributed by atoms with Crippen molar-refractivity contribution in [2.24, 2.45) is 0 Å². The fraction of sp³-hybridized carbons (Fsp3) is 0.300. The first-order valence-electron chi connectivity index (χ1n) is 9.26. The van der Waals surface area contributed by atoms with Crippen LogP contribution in [-0.2, 0) is 9.59 Å². The van der Waals surface area contributed by atoms with Gasteiger partial charge in [0.05, 0.1) is 37.4 Å². The Bertz CT molecular complexity index is 901. The molecule has 10 heteroatoms. The minimum Gasteiger partial charge on any atom is -0.497 e. The number of likely N-dealkylation sites (N-methyl/N-ethyl adjacent to an activating group) is 1. The standard InChI is InChI=1S/C20H24N4O6/c1-4-23(12-19(25)21-14-5-8-16(29-2)9-6-14)13-20(26)22-17-10-7-15(24(27)28)11-18(17)30-3/h5-11H,4,12-13H2,1-3H3,(H,21,25)(H,22,26)/p+1. The molecule has 0 spiro atoms. The molecule has 3 N–H and O–H groups in total. The monoisotopic (exact) mass is 417 g/mol. The molecule has 2 rings (SSSR count). The van der Waals surface area contributed by atoms with Gasteiger partial charge in [-0.25, -0.2) is 0 Å². The van der Waals surface area contributed by atoms with Crippen molar-refractivity contribution in [2.45, 2.75) is 6.92 Å². The Labute approximate surface area is 173 Å². The highest BCUT2D eigenvalue weighted by molar-refractivity contribution is 5.94. The molecule has 0 aromatic heterocycles. The van der Waals surface area contributed by atoms with Gasteiger partial charge in [0.15, 0.2) is 13.1 Å². The highest BCUT2D eigenvalue weighted by Gasteiger charge is 2.19. The Morgan fingerprint density at radius 3 is 2.17 bits per heavy atom. The molecule has 0 aliphatic heterocycles. The van der Waals surface area contributed by atoms with Crippen molar-refractivity contribution in [3.05, 3.63) is 52.6 Å². The number of benzene rings is 2. The molecule has 0 saturated carbocycles. The predicted molar refractivity (Wildman–Crippen MR) is 111 cm³/mol. The second kappa shape index (κ2) is 10.8. The molecule has 0 heterocycles. The van der Waals surface area contributed by atoms with Gasteiger partial charge in [0.2, 0.25) is 0 Å². The van der Waals surface area contributed by atoms with Gasteiger partial charge >= 0.3 is 0 Å². The summed E-state index contributed by atoms with van der Waals surface area (Å²) in [6.45, 7) is 2.58. The highest BCUT2D eigenvalue weighted by Crippen LogP contribution is 2.28. The maximum atomic E-state index is 12.4. The van der Waals surface area contributed by atoms with Crippen LogP contribution in [0, 0.1) is 10.1 Å². The number of rotatable bonds is 10. The lowest BCUT2D eigenvalue weighted by Crippen LogP contribution is -3.13. The molecule has 0 bridgehead atoms. The number of quaternary nitrogens is 1. The third kappa shape index (κ3) is 6.45. The summed E-state index contributed by atoms with van der Waals surface area (Å²) in [5.74, 6) is 0.314. The molecule has 0 fully saturated rings. The van der Waals surface area contributed by atoms with Gasteiger partial charge in [-0.15, -0.1) is 0 Å². The summed E-state index contributed by atoms with van der Waals surface area (Å²) in [5.41, 5.74) is 0.823. The summed E-state index contributed by atoms with van der Waals surface area (Å²) < 4.78 is 10.2. The van der Waals surface area contributed by atoms with E-state index in [1.165, 1.54) is 25.3 Å². The Morgan fingerprint density at radius 2 is 1.63 bits per heavy atom. The van der Waals surface area contributed by atoms with Crippen LogP contribution >= 0.6 is 0 Å². The lowest BCUT2D eigenvalue weighted by atomic mass is 10.2. The number of hydrogen-bond donors (Lipinski definition) is 3. The van der Waals surface area contributed by atoms with Crippen LogP contribution in [0.15, 0.2) is 42.5 Å². The van der Waals surface area contributed by atoms with Crippen molar-refractivity contribution in [1.29, 1.82) is 0 Å². The lowest BCUT2D eigenvalue weighted by molar-refractivity contribution is -0.881. The summed E-state index contributed by atoms with van der Waals surface area (Å²) in [6.07, 6.45) is 0. The van der Waals surface area contributed by atoms with Gasteiger partial charge < -0.3 is 25.0 Å². The number of hydrogen-bond acceptors (Lipinski definition) is 6. The third-order valence-corrected chi connectivity index (χ3v) is 4.36. The van der Waals surface area contributed by atoms with E-state index in [-0.39, 0.29) is 36.3 Å². The van der Waals surface area contributed by atoms with Crippen LogP contribution in [0.3, 0.4) is 0 Å². The van der Waals surface area contributed by atoms with E-state index in [0.29, 0.717) is 23.7 Å². The van der Waals surface area contributed by atoms with E-state index >= 15 is 0 Å². The number of ether oxygens (including phenoxy) is 2. The van der Waals surface area contributed by atoms with Crippen molar-refractivity contribution in [3.8, 4) is 11.5 Å². The van der Waals surface area contributed by atoms with E-state index in [1.54, 1.807) is 31.4 Å². The minimum atomic E-state index is -0.543. The van der Waals surface area contributed by atoms with Crippen molar-refractivity contribution >= 4 is 28.9 Å². The lowest BCUT2D eigenvalue weighted by Gasteiger charge is -2.17. The summed E-state index contributed by atoms with van der Waals surface area (Å²) in [7, 11) is 2.93. The molecule has 1 atom stereocenters. The van der Waals surface area contributed by atoms with Gasteiger partial charge in [-0.05, 0) is 37.3 Å². The molecular formula is C20H25N4O6+. The van der Waals surface area contributed by atoms with Gasteiger partial charge in [0, 0.05) is 11.8 Å². The number of anilines is 2. The average molecular weight is 417 g/mol. The van der Waals surface area contributed by atoms with Crippen LogP contribution in [0.25, 0.3) is 0 Å². The first-order valence-corrected chi connectivity index (χ1v) is 9.26. The molecule has 2 aromatic rings. The van der Waals surface area contributed by atoms with Crippen molar-refractivity contribution < 1.29 is 28.9 Å². The number of amides is 2. The molecule has 2 aromatic carbocycles. The second-order valence-electron chi connectivity index (χ2n) is 6.42. The normalized spacial score (nSPS) is 11.3. The Kier molecular flexibility index (Phi) is 8.12. The Morgan fingerprint density at radius 1 is 1.00 bits per heavy atom. The number of nitrogens with zero attached hydrogens (tertiary/aromatic N) is 1. The minimum absolute atomic E-state index is 0.0483. The van der Waals surface area contributed by atoms with Crippen LogP contribution in [0.1, 0.15) is 6.92 Å². The van der Waals surface area contributed by atoms with E-state index < -0.39 is 4.92 Å². The van der Waals surface area contributed by atoms with Gasteiger partial charge in [0.25, 0.3) is 17.5 Å². The number of methoxy groups -OCH3 is 2. The molecule has 0 radical (unpaired) electrons. The van der Waals surface area contributed by atoms with Crippen LogP contribution < -0.4 is 25.0 Å².